The number of hydrogen-bond acceptors (Lipinski definition) is 5. The fourth-order valence-corrected chi connectivity index (χ4v) is 2.93. The van der Waals surface area contributed by atoms with Crippen molar-refractivity contribution in [2.75, 3.05) is 20.8 Å². The van der Waals surface area contributed by atoms with Crippen LogP contribution in [-0.2, 0) is 31.1 Å². The molecule has 0 aliphatic carbocycles. The minimum atomic E-state index is -1.09. The molecule has 0 radical (unpaired) electrons. The van der Waals surface area contributed by atoms with Gasteiger partial charge in [-0.25, -0.2) is 0 Å². The second kappa shape index (κ2) is 11.8. The summed E-state index contributed by atoms with van der Waals surface area (Å²) in [5, 5.41) is 12.7. The minimum Gasteiger partial charge on any atom is -0.469 e. The second-order valence-electron chi connectivity index (χ2n) is 8.97. The Morgan fingerprint density at radius 1 is 0.875 bits per heavy atom. The van der Waals surface area contributed by atoms with E-state index in [1.807, 2.05) is 48.5 Å². The van der Waals surface area contributed by atoms with Crippen LogP contribution in [-0.4, -0.2) is 43.3 Å². The number of aliphatic hydroxyl groups excluding tert-OH is 1. The average Bonchev–Trinajstić information content (AvgIpc) is 2.79. The third-order valence-corrected chi connectivity index (χ3v) is 6.07. The van der Waals surface area contributed by atoms with Crippen molar-refractivity contribution in [3.63, 3.8) is 0 Å². The highest BCUT2D eigenvalue weighted by Crippen LogP contribution is 2.33. The molecule has 1 atom stereocenters. The molecule has 0 fully saturated rings. The molecule has 6 heteroatoms. The SMILES string of the molecule is COC(=O)C(C)(C)C(C)(C)NC(=O)C(C)(CO)c1ccccc1.COCc1ccccc1. The van der Waals surface area contributed by atoms with Gasteiger partial charge in [-0.15, -0.1) is 0 Å². The first-order chi connectivity index (χ1) is 15.0. The summed E-state index contributed by atoms with van der Waals surface area (Å²) in [7, 11) is 3.02. The van der Waals surface area contributed by atoms with Gasteiger partial charge in [0.1, 0.15) is 0 Å². The summed E-state index contributed by atoms with van der Waals surface area (Å²) in [6.45, 7) is 9.03. The highest BCUT2D eigenvalue weighted by Gasteiger charge is 2.47. The third kappa shape index (κ3) is 6.65. The largest absolute Gasteiger partial charge is 0.469 e. The number of rotatable bonds is 8. The molecule has 0 saturated heterocycles. The summed E-state index contributed by atoms with van der Waals surface area (Å²) in [6, 6.07) is 19.2. The van der Waals surface area contributed by atoms with Gasteiger partial charge in [-0.1, -0.05) is 60.7 Å². The molecular weight excluding hydrogens is 406 g/mol. The van der Waals surface area contributed by atoms with Gasteiger partial charge in [0.2, 0.25) is 5.91 Å². The van der Waals surface area contributed by atoms with Crippen molar-refractivity contribution in [2.24, 2.45) is 5.41 Å². The van der Waals surface area contributed by atoms with Gasteiger partial charge in [0.15, 0.2) is 0 Å². The molecular formula is C26H37NO5. The molecule has 176 valence electrons. The first-order valence-corrected chi connectivity index (χ1v) is 10.6. The van der Waals surface area contributed by atoms with Crippen molar-refractivity contribution in [3.8, 4) is 0 Å². The molecule has 1 amide bonds. The molecule has 2 N–H and O–H groups in total. The van der Waals surface area contributed by atoms with Gasteiger partial charge in [-0.05, 0) is 45.7 Å². The highest BCUT2D eigenvalue weighted by molar-refractivity contribution is 5.89. The highest BCUT2D eigenvalue weighted by atomic mass is 16.5. The average molecular weight is 444 g/mol. The number of esters is 1. The van der Waals surface area contributed by atoms with Crippen LogP contribution < -0.4 is 5.32 Å². The van der Waals surface area contributed by atoms with E-state index in [-0.39, 0.29) is 12.5 Å². The fourth-order valence-electron chi connectivity index (χ4n) is 2.93. The number of ether oxygens (including phenoxy) is 2. The van der Waals surface area contributed by atoms with Crippen LogP contribution in [0.1, 0.15) is 45.7 Å². The van der Waals surface area contributed by atoms with Crippen LogP contribution in [0.3, 0.4) is 0 Å². The van der Waals surface area contributed by atoms with E-state index in [2.05, 4.69) is 5.32 Å². The monoisotopic (exact) mass is 443 g/mol. The maximum Gasteiger partial charge on any atom is 0.313 e. The van der Waals surface area contributed by atoms with E-state index in [0.29, 0.717) is 12.2 Å². The van der Waals surface area contributed by atoms with Crippen molar-refractivity contribution in [2.45, 2.75) is 52.2 Å². The molecule has 32 heavy (non-hydrogen) atoms. The molecule has 0 aliphatic rings. The molecule has 6 nitrogen and oxygen atoms in total. The number of hydrogen-bond donors (Lipinski definition) is 2. The number of carbonyl (C=O) groups excluding carboxylic acids is 2. The zero-order valence-corrected chi connectivity index (χ0v) is 20.3. The second-order valence-corrected chi connectivity index (χ2v) is 8.97. The summed E-state index contributed by atoms with van der Waals surface area (Å²) in [6.07, 6.45) is 0. The van der Waals surface area contributed by atoms with Crippen molar-refractivity contribution >= 4 is 11.9 Å². The Morgan fingerprint density at radius 3 is 1.81 bits per heavy atom. The Kier molecular flexibility index (Phi) is 10.1. The Labute approximate surface area is 191 Å². The van der Waals surface area contributed by atoms with Gasteiger partial charge in [0.25, 0.3) is 0 Å². The summed E-state index contributed by atoms with van der Waals surface area (Å²) in [5.41, 5.74) is -0.941. The van der Waals surface area contributed by atoms with Crippen LogP contribution in [0.4, 0.5) is 0 Å². The number of methoxy groups -OCH3 is 2. The lowest BCUT2D eigenvalue weighted by Crippen LogP contribution is -2.61. The van der Waals surface area contributed by atoms with Crippen molar-refractivity contribution in [3.05, 3.63) is 71.8 Å². The number of carbonyl (C=O) groups is 2. The number of nitrogens with one attached hydrogen (secondary N) is 1. The van der Waals surface area contributed by atoms with E-state index < -0.39 is 22.3 Å². The normalized spacial score (nSPS) is 13.2. The first kappa shape index (κ1) is 27.3. The van der Waals surface area contributed by atoms with Crippen LogP contribution in [0, 0.1) is 5.41 Å². The van der Waals surface area contributed by atoms with Gasteiger partial charge in [0, 0.05) is 12.6 Å². The quantitative estimate of drug-likeness (QED) is 0.605. The topological polar surface area (TPSA) is 84.9 Å². The Bertz CT molecular complexity index is 849. The predicted octanol–water partition coefficient (Wildman–Crippen LogP) is 3.86. The van der Waals surface area contributed by atoms with Crippen molar-refractivity contribution in [1.29, 1.82) is 0 Å². The lowest BCUT2D eigenvalue weighted by atomic mass is 9.73. The fraction of sp³-hybridized carbons (Fsp3) is 0.462. The van der Waals surface area contributed by atoms with E-state index in [1.165, 1.54) is 12.7 Å². The van der Waals surface area contributed by atoms with E-state index >= 15 is 0 Å². The third-order valence-electron chi connectivity index (χ3n) is 6.07. The Morgan fingerprint density at radius 2 is 1.38 bits per heavy atom. The molecule has 0 saturated carbocycles. The van der Waals surface area contributed by atoms with E-state index in [1.54, 1.807) is 53.9 Å². The molecule has 0 spiro atoms. The summed E-state index contributed by atoms with van der Waals surface area (Å²) >= 11 is 0. The molecule has 0 bridgehead atoms. The Hall–Kier alpha value is -2.70. The summed E-state index contributed by atoms with van der Waals surface area (Å²) in [5.74, 6) is -0.749. The molecule has 0 heterocycles. The van der Waals surface area contributed by atoms with E-state index in [4.69, 9.17) is 9.47 Å². The summed E-state index contributed by atoms with van der Waals surface area (Å²) in [4.78, 5) is 24.9. The maximum absolute atomic E-state index is 12.8. The standard InChI is InChI=1S/C18H27NO4.C8H10O/c1-16(2,15(22)23-6)17(3,4)19-14(21)18(5,12-20)13-10-8-7-9-11-13;1-9-7-8-5-3-2-4-6-8/h7-11,20H,12H2,1-6H3,(H,19,21);2-6H,7H2,1H3. The van der Waals surface area contributed by atoms with Crippen molar-refractivity contribution in [1.82, 2.24) is 5.32 Å². The lowest BCUT2D eigenvalue weighted by molar-refractivity contribution is -0.156. The first-order valence-electron chi connectivity index (χ1n) is 10.6. The van der Waals surface area contributed by atoms with Crippen LogP contribution in [0.5, 0.6) is 0 Å². The van der Waals surface area contributed by atoms with Crippen LogP contribution >= 0.6 is 0 Å². The number of benzene rings is 2. The molecule has 0 aliphatic heterocycles. The van der Waals surface area contributed by atoms with Crippen molar-refractivity contribution < 1.29 is 24.2 Å². The lowest BCUT2D eigenvalue weighted by Gasteiger charge is -2.42. The van der Waals surface area contributed by atoms with E-state index in [0.717, 1.165) is 0 Å². The summed E-state index contributed by atoms with van der Waals surface area (Å²) < 4.78 is 9.77. The van der Waals surface area contributed by atoms with Crippen LogP contribution in [0.15, 0.2) is 60.7 Å². The van der Waals surface area contributed by atoms with Gasteiger partial charge in [-0.2, -0.15) is 0 Å². The number of amides is 1. The van der Waals surface area contributed by atoms with Gasteiger partial charge in [0.05, 0.1) is 31.2 Å². The molecule has 2 rings (SSSR count). The molecule has 0 aromatic heterocycles. The zero-order chi connectivity index (χ0) is 24.4. The van der Waals surface area contributed by atoms with Crippen LogP contribution in [0.25, 0.3) is 0 Å². The zero-order valence-electron chi connectivity index (χ0n) is 20.3. The molecule has 2 aromatic rings. The minimum absolute atomic E-state index is 0.336. The molecule has 2 aromatic carbocycles. The van der Waals surface area contributed by atoms with Gasteiger partial charge >= 0.3 is 5.97 Å². The van der Waals surface area contributed by atoms with Gasteiger partial charge in [-0.3, -0.25) is 9.59 Å². The van der Waals surface area contributed by atoms with E-state index in [9.17, 15) is 14.7 Å². The smallest absolute Gasteiger partial charge is 0.313 e. The van der Waals surface area contributed by atoms with Crippen LogP contribution in [0.2, 0.25) is 0 Å². The Balaban J connectivity index is 0.000000471. The maximum atomic E-state index is 12.8. The van der Waals surface area contributed by atoms with Gasteiger partial charge < -0.3 is 19.9 Å². The number of aliphatic hydroxyl groups is 1. The molecule has 1 unspecified atom stereocenters. The predicted molar refractivity (Wildman–Crippen MR) is 126 cm³/mol.